The lowest BCUT2D eigenvalue weighted by atomic mass is 10.0. The predicted molar refractivity (Wildman–Crippen MR) is 43.2 cm³/mol. The van der Waals surface area contributed by atoms with E-state index in [9.17, 15) is 0 Å². The van der Waals surface area contributed by atoms with Crippen molar-refractivity contribution in [3.63, 3.8) is 0 Å². The molecule has 0 aromatic carbocycles. The van der Waals surface area contributed by atoms with Crippen LogP contribution in [0.1, 0.15) is 13.3 Å². The molecule has 1 heterocycles. The van der Waals surface area contributed by atoms with Crippen molar-refractivity contribution in [1.29, 1.82) is 0 Å². The Morgan fingerprint density at radius 1 is 1.82 bits per heavy atom. The fourth-order valence-corrected chi connectivity index (χ4v) is 1.31. The minimum atomic E-state index is -0.0269. The van der Waals surface area contributed by atoms with Gasteiger partial charge in [0.25, 0.3) is 0 Å². The highest BCUT2D eigenvalue weighted by Gasteiger charge is 2.17. The zero-order valence-electron chi connectivity index (χ0n) is 7.00. The Bertz CT molecular complexity index is 156. The molecule has 0 radical (unpaired) electrons. The Balaban J connectivity index is 2.53. The van der Waals surface area contributed by atoms with E-state index >= 15 is 0 Å². The Morgan fingerprint density at radius 2 is 2.55 bits per heavy atom. The molecule has 11 heavy (non-hydrogen) atoms. The van der Waals surface area contributed by atoms with Gasteiger partial charge in [0.15, 0.2) is 0 Å². The highest BCUT2D eigenvalue weighted by atomic mass is 16.5. The molecular formula is C8H15NO2. The Hall–Kier alpha value is -0.380. The van der Waals surface area contributed by atoms with E-state index in [1.165, 1.54) is 5.57 Å². The molecule has 1 aliphatic rings. The average Bonchev–Trinajstić information content (AvgIpc) is 2.03. The van der Waals surface area contributed by atoms with E-state index in [1.807, 2.05) is 6.08 Å². The van der Waals surface area contributed by atoms with Crippen molar-refractivity contribution in [3.05, 3.63) is 11.6 Å². The van der Waals surface area contributed by atoms with Gasteiger partial charge in [-0.2, -0.15) is 0 Å². The molecule has 0 aromatic rings. The van der Waals surface area contributed by atoms with Crippen LogP contribution >= 0.6 is 0 Å². The summed E-state index contributed by atoms with van der Waals surface area (Å²) in [7, 11) is 1.65. The van der Waals surface area contributed by atoms with Gasteiger partial charge >= 0.3 is 0 Å². The summed E-state index contributed by atoms with van der Waals surface area (Å²) in [5.74, 6) is 0. The molecule has 3 nitrogen and oxygen atoms in total. The SMILES string of the molecule is COC1C=C(C)C[C@@H](CO)N1. The quantitative estimate of drug-likeness (QED) is 0.565. The summed E-state index contributed by atoms with van der Waals surface area (Å²) in [5, 5.41) is 12.0. The second kappa shape index (κ2) is 3.85. The van der Waals surface area contributed by atoms with Crippen molar-refractivity contribution in [2.75, 3.05) is 13.7 Å². The van der Waals surface area contributed by atoms with E-state index in [-0.39, 0.29) is 18.9 Å². The third kappa shape index (κ3) is 2.29. The molecule has 1 unspecified atom stereocenters. The maximum absolute atomic E-state index is 8.88. The van der Waals surface area contributed by atoms with E-state index in [0.29, 0.717) is 0 Å². The van der Waals surface area contributed by atoms with Crippen molar-refractivity contribution in [3.8, 4) is 0 Å². The van der Waals surface area contributed by atoms with Crippen LogP contribution in [0.5, 0.6) is 0 Å². The second-order valence-corrected chi connectivity index (χ2v) is 2.92. The third-order valence-electron chi connectivity index (χ3n) is 1.88. The standard InChI is InChI=1S/C8H15NO2/c1-6-3-7(5-10)9-8(4-6)11-2/h4,7-10H,3,5H2,1-2H3/t7-,8?/m0/s1. The summed E-state index contributed by atoms with van der Waals surface area (Å²) < 4.78 is 5.10. The molecule has 0 amide bonds. The second-order valence-electron chi connectivity index (χ2n) is 2.92. The number of hydrogen-bond donors (Lipinski definition) is 2. The molecule has 1 aliphatic heterocycles. The van der Waals surface area contributed by atoms with Gasteiger partial charge in [0.2, 0.25) is 0 Å². The minimum absolute atomic E-state index is 0.0269. The molecule has 0 bridgehead atoms. The summed E-state index contributed by atoms with van der Waals surface area (Å²) in [5.41, 5.74) is 1.27. The number of rotatable bonds is 2. The Kier molecular flexibility index (Phi) is 3.05. The van der Waals surface area contributed by atoms with Gasteiger partial charge in [-0.25, -0.2) is 0 Å². The van der Waals surface area contributed by atoms with E-state index in [4.69, 9.17) is 9.84 Å². The van der Waals surface area contributed by atoms with Crippen LogP contribution in [0.2, 0.25) is 0 Å². The smallest absolute Gasteiger partial charge is 0.127 e. The normalized spacial score (nSPS) is 31.7. The van der Waals surface area contributed by atoms with Crippen LogP contribution in [-0.2, 0) is 4.74 Å². The molecule has 0 spiro atoms. The first-order chi connectivity index (χ1) is 5.26. The number of ether oxygens (including phenoxy) is 1. The number of aliphatic hydroxyl groups is 1. The Labute approximate surface area is 67.1 Å². The van der Waals surface area contributed by atoms with Crippen molar-refractivity contribution < 1.29 is 9.84 Å². The van der Waals surface area contributed by atoms with Crippen LogP contribution in [0.3, 0.4) is 0 Å². The largest absolute Gasteiger partial charge is 0.395 e. The molecule has 0 aromatic heterocycles. The van der Waals surface area contributed by atoms with E-state index < -0.39 is 0 Å². The molecule has 2 N–H and O–H groups in total. The van der Waals surface area contributed by atoms with Crippen LogP contribution in [0.25, 0.3) is 0 Å². The fourth-order valence-electron chi connectivity index (χ4n) is 1.31. The average molecular weight is 157 g/mol. The van der Waals surface area contributed by atoms with E-state index in [2.05, 4.69) is 12.2 Å². The first-order valence-corrected chi connectivity index (χ1v) is 3.83. The summed E-state index contributed by atoms with van der Waals surface area (Å²) in [6, 6.07) is 0.157. The minimum Gasteiger partial charge on any atom is -0.395 e. The van der Waals surface area contributed by atoms with Gasteiger partial charge in [0.05, 0.1) is 6.61 Å². The van der Waals surface area contributed by atoms with Gasteiger partial charge in [0.1, 0.15) is 6.23 Å². The number of nitrogens with one attached hydrogen (secondary N) is 1. The van der Waals surface area contributed by atoms with Crippen molar-refractivity contribution >= 4 is 0 Å². The van der Waals surface area contributed by atoms with Crippen LogP contribution in [-0.4, -0.2) is 31.1 Å². The lowest BCUT2D eigenvalue weighted by Gasteiger charge is -2.26. The first kappa shape index (κ1) is 8.71. The number of hydrogen-bond acceptors (Lipinski definition) is 3. The molecule has 3 heteroatoms. The maximum atomic E-state index is 8.88. The fraction of sp³-hybridized carbons (Fsp3) is 0.750. The van der Waals surface area contributed by atoms with Crippen LogP contribution in [0, 0.1) is 0 Å². The van der Waals surface area contributed by atoms with Gasteiger partial charge in [-0.05, 0) is 19.4 Å². The molecule has 1 rings (SSSR count). The number of methoxy groups -OCH3 is 1. The van der Waals surface area contributed by atoms with Crippen LogP contribution < -0.4 is 5.32 Å². The van der Waals surface area contributed by atoms with Crippen LogP contribution in [0.15, 0.2) is 11.6 Å². The molecule has 0 aliphatic carbocycles. The summed E-state index contributed by atoms with van der Waals surface area (Å²) >= 11 is 0. The van der Waals surface area contributed by atoms with Crippen molar-refractivity contribution in [2.24, 2.45) is 0 Å². The monoisotopic (exact) mass is 157 g/mol. The highest BCUT2D eigenvalue weighted by molar-refractivity contribution is 5.08. The topological polar surface area (TPSA) is 41.5 Å². The lowest BCUT2D eigenvalue weighted by molar-refractivity contribution is 0.0808. The summed E-state index contributed by atoms with van der Waals surface area (Å²) in [4.78, 5) is 0. The van der Waals surface area contributed by atoms with E-state index in [0.717, 1.165) is 6.42 Å². The molecular weight excluding hydrogens is 142 g/mol. The van der Waals surface area contributed by atoms with Crippen LogP contribution in [0.4, 0.5) is 0 Å². The van der Waals surface area contributed by atoms with Gasteiger partial charge in [-0.15, -0.1) is 0 Å². The van der Waals surface area contributed by atoms with Gasteiger partial charge < -0.3 is 9.84 Å². The molecule has 2 atom stereocenters. The van der Waals surface area contributed by atoms with Gasteiger partial charge in [0, 0.05) is 13.2 Å². The third-order valence-corrected chi connectivity index (χ3v) is 1.88. The zero-order chi connectivity index (χ0) is 8.27. The first-order valence-electron chi connectivity index (χ1n) is 3.83. The van der Waals surface area contributed by atoms with Gasteiger partial charge in [-0.1, -0.05) is 5.57 Å². The van der Waals surface area contributed by atoms with E-state index in [1.54, 1.807) is 7.11 Å². The van der Waals surface area contributed by atoms with Gasteiger partial charge in [-0.3, -0.25) is 5.32 Å². The summed E-state index contributed by atoms with van der Waals surface area (Å²) in [6.45, 7) is 2.22. The summed E-state index contributed by atoms with van der Waals surface area (Å²) in [6.07, 6.45) is 2.92. The van der Waals surface area contributed by atoms with Crippen molar-refractivity contribution in [2.45, 2.75) is 25.6 Å². The zero-order valence-corrected chi connectivity index (χ0v) is 7.00. The highest BCUT2D eigenvalue weighted by Crippen LogP contribution is 2.12. The molecule has 0 saturated heterocycles. The molecule has 0 fully saturated rings. The Morgan fingerprint density at radius 3 is 3.09 bits per heavy atom. The number of aliphatic hydroxyl groups excluding tert-OH is 1. The maximum Gasteiger partial charge on any atom is 0.127 e. The lowest BCUT2D eigenvalue weighted by Crippen LogP contribution is -2.43. The van der Waals surface area contributed by atoms with Crippen molar-refractivity contribution in [1.82, 2.24) is 5.32 Å². The molecule has 0 saturated carbocycles. The predicted octanol–water partition coefficient (Wildman–Crippen LogP) is 0.259. The molecule has 64 valence electrons.